The Bertz CT molecular complexity index is 940. The van der Waals surface area contributed by atoms with Crippen LogP contribution in [0.15, 0.2) is 53.7 Å². The van der Waals surface area contributed by atoms with E-state index in [0.717, 1.165) is 4.31 Å². The highest BCUT2D eigenvalue weighted by molar-refractivity contribution is 8.00. The summed E-state index contributed by atoms with van der Waals surface area (Å²) in [5, 5.41) is 9.10. The second-order valence-electron chi connectivity index (χ2n) is 6.70. The summed E-state index contributed by atoms with van der Waals surface area (Å²) in [4.78, 5) is 16.2. The van der Waals surface area contributed by atoms with Crippen LogP contribution in [0, 0.1) is 0 Å². The predicted octanol–water partition coefficient (Wildman–Crippen LogP) is 2.69. The van der Waals surface area contributed by atoms with Gasteiger partial charge in [-0.1, -0.05) is 0 Å². The highest BCUT2D eigenvalue weighted by Gasteiger charge is 2.48. The lowest BCUT2D eigenvalue weighted by atomic mass is 10.0. The first-order chi connectivity index (χ1) is 13.3. The van der Waals surface area contributed by atoms with E-state index in [1.165, 1.54) is 23.9 Å². The van der Waals surface area contributed by atoms with Crippen molar-refractivity contribution in [2.45, 2.75) is 29.5 Å². The molecule has 0 spiro atoms. The van der Waals surface area contributed by atoms with Crippen LogP contribution in [0.5, 0.6) is 11.5 Å². The zero-order chi connectivity index (χ0) is 20.4. The number of benzene rings is 1. The average molecular weight is 460 g/mol. The van der Waals surface area contributed by atoms with E-state index in [4.69, 9.17) is 9.94 Å². The second-order valence-corrected chi connectivity index (χ2v) is 10.3. The molecule has 158 valence electrons. The molecule has 1 saturated heterocycles. The predicted molar refractivity (Wildman–Crippen MR) is 112 cm³/mol. The monoisotopic (exact) mass is 459 g/mol. The summed E-state index contributed by atoms with van der Waals surface area (Å²) in [6.45, 7) is 3.74. The van der Waals surface area contributed by atoms with Crippen LogP contribution in [-0.2, 0) is 14.8 Å². The molecular weight excluding hydrogens is 438 g/mol. The molecule has 0 aliphatic carbocycles. The van der Waals surface area contributed by atoms with Gasteiger partial charge in [-0.3, -0.25) is 15.0 Å². The maximum Gasteiger partial charge on any atom is 0.263 e. The molecule has 1 atom stereocenters. The van der Waals surface area contributed by atoms with E-state index >= 15 is 0 Å². The molecule has 1 amide bonds. The van der Waals surface area contributed by atoms with Crippen molar-refractivity contribution in [3.63, 3.8) is 0 Å². The Morgan fingerprint density at radius 3 is 2.38 bits per heavy atom. The van der Waals surface area contributed by atoms with Gasteiger partial charge in [0, 0.05) is 29.4 Å². The number of ether oxygens (including phenoxy) is 1. The standard InChI is InChI=1S/C18H21N3O5S2.ClH/c1-18(2)16(17(22)20-23)21(11-12-27-18)28(24,25)15-5-3-13(4-6-15)26-14-7-9-19-10-8-14;/h3-10,16,23H,11-12H2,1-2H3,(H,20,22);1H/t16-;/m0./s1. The van der Waals surface area contributed by atoms with Gasteiger partial charge in [-0.15, -0.1) is 12.4 Å². The molecule has 11 heteroatoms. The summed E-state index contributed by atoms with van der Waals surface area (Å²) in [5.74, 6) is 0.854. The van der Waals surface area contributed by atoms with Crippen LogP contribution in [0.25, 0.3) is 0 Å². The minimum absolute atomic E-state index is 0. The first-order valence-corrected chi connectivity index (χ1v) is 11.0. The molecule has 1 fully saturated rings. The number of thioether (sulfide) groups is 1. The van der Waals surface area contributed by atoms with Gasteiger partial charge in [0.1, 0.15) is 17.5 Å². The van der Waals surface area contributed by atoms with Gasteiger partial charge in [-0.05, 0) is 50.2 Å². The molecule has 0 radical (unpaired) electrons. The first-order valence-electron chi connectivity index (χ1n) is 8.53. The van der Waals surface area contributed by atoms with Crippen molar-refractivity contribution < 1.29 is 23.2 Å². The van der Waals surface area contributed by atoms with Gasteiger partial charge in [0.05, 0.1) is 4.90 Å². The molecule has 29 heavy (non-hydrogen) atoms. The lowest BCUT2D eigenvalue weighted by Crippen LogP contribution is -2.61. The number of hydrogen-bond acceptors (Lipinski definition) is 7. The van der Waals surface area contributed by atoms with Crippen LogP contribution in [0.1, 0.15) is 13.8 Å². The minimum atomic E-state index is -3.94. The van der Waals surface area contributed by atoms with Gasteiger partial charge in [0.2, 0.25) is 10.0 Å². The van der Waals surface area contributed by atoms with Crippen molar-refractivity contribution in [3.05, 3.63) is 48.8 Å². The van der Waals surface area contributed by atoms with Crippen LogP contribution < -0.4 is 10.2 Å². The van der Waals surface area contributed by atoms with E-state index in [0.29, 0.717) is 17.3 Å². The molecule has 2 N–H and O–H groups in total. The maximum atomic E-state index is 13.2. The Labute approximate surface area is 180 Å². The van der Waals surface area contributed by atoms with Gasteiger partial charge in [0.25, 0.3) is 5.91 Å². The van der Waals surface area contributed by atoms with Gasteiger partial charge in [-0.2, -0.15) is 16.1 Å². The van der Waals surface area contributed by atoms with Crippen molar-refractivity contribution in [2.75, 3.05) is 12.3 Å². The second kappa shape index (κ2) is 9.31. The molecule has 0 unspecified atom stereocenters. The Hall–Kier alpha value is -1.85. The third-order valence-corrected chi connectivity index (χ3v) is 7.64. The number of halogens is 1. The SMILES string of the molecule is CC1(C)SCCN(S(=O)(=O)c2ccc(Oc3ccncc3)cc2)[C@H]1C(=O)NO.Cl. The molecule has 1 aromatic heterocycles. The number of nitrogens with zero attached hydrogens (tertiary/aromatic N) is 2. The van der Waals surface area contributed by atoms with Crippen LogP contribution in [-0.4, -0.2) is 51.9 Å². The molecule has 2 heterocycles. The Morgan fingerprint density at radius 2 is 1.79 bits per heavy atom. The van der Waals surface area contributed by atoms with Gasteiger partial charge in [-0.25, -0.2) is 13.9 Å². The van der Waals surface area contributed by atoms with Crippen molar-refractivity contribution in [1.82, 2.24) is 14.8 Å². The van der Waals surface area contributed by atoms with E-state index in [2.05, 4.69) is 4.98 Å². The number of carbonyl (C=O) groups is 1. The van der Waals surface area contributed by atoms with E-state index < -0.39 is 26.7 Å². The first kappa shape index (κ1) is 23.4. The van der Waals surface area contributed by atoms with Crippen molar-refractivity contribution >= 4 is 40.1 Å². The largest absolute Gasteiger partial charge is 0.457 e. The number of nitrogens with one attached hydrogen (secondary N) is 1. The van der Waals surface area contributed by atoms with Crippen molar-refractivity contribution in [1.29, 1.82) is 0 Å². The lowest BCUT2D eigenvalue weighted by molar-refractivity contribution is -0.134. The fourth-order valence-corrected chi connectivity index (χ4v) is 6.19. The molecular formula is C18H22ClN3O5S2. The summed E-state index contributed by atoms with van der Waals surface area (Å²) in [6, 6.07) is 8.33. The fraction of sp³-hybridized carbons (Fsp3) is 0.333. The maximum absolute atomic E-state index is 13.2. The van der Waals surface area contributed by atoms with E-state index in [1.807, 2.05) is 0 Å². The molecule has 8 nitrogen and oxygen atoms in total. The van der Waals surface area contributed by atoms with E-state index in [1.54, 1.807) is 56.0 Å². The summed E-state index contributed by atoms with van der Waals surface area (Å²) < 4.78 is 32.5. The normalized spacial score (nSPS) is 19.1. The fourth-order valence-electron chi connectivity index (χ4n) is 3.08. The smallest absolute Gasteiger partial charge is 0.263 e. The summed E-state index contributed by atoms with van der Waals surface area (Å²) in [5.41, 5.74) is 1.60. The summed E-state index contributed by atoms with van der Waals surface area (Å²) in [6.07, 6.45) is 3.19. The molecule has 1 aliphatic heterocycles. The van der Waals surface area contributed by atoms with Crippen LogP contribution in [0.3, 0.4) is 0 Å². The Morgan fingerprint density at radius 1 is 1.21 bits per heavy atom. The number of rotatable bonds is 5. The quantitative estimate of drug-likeness (QED) is 0.522. The number of hydrogen-bond donors (Lipinski definition) is 2. The number of carbonyl (C=O) groups excluding carboxylic acids is 1. The summed E-state index contributed by atoms with van der Waals surface area (Å²) >= 11 is 1.49. The van der Waals surface area contributed by atoms with Crippen LogP contribution in [0.4, 0.5) is 0 Å². The molecule has 2 aromatic rings. The van der Waals surface area contributed by atoms with E-state index in [-0.39, 0.29) is 23.8 Å². The zero-order valence-corrected chi connectivity index (χ0v) is 18.3. The third-order valence-electron chi connectivity index (χ3n) is 4.41. The highest BCUT2D eigenvalue weighted by atomic mass is 35.5. The van der Waals surface area contributed by atoms with Crippen molar-refractivity contribution in [3.8, 4) is 11.5 Å². The highest BCUT2D eigenvalue weighted by Crippen LogP contribution is 2.38. The Balaban J connectivity index is 0.00000300. The number of hydroxylamine groups is 1. The number of pyridine rings is 1. The van der Waals surface area contributed by atoms with Crippen LogP contribution >= 0.6 is 24.2 Å². The summed E-state index contributed by atoms with van der Waals surface area (Å²) in [7, 11) is -3.94. The number of aromatic nitrogens is 1. The molecule has 1 aliphatic rings. The molecule has 3 rings (SSSR count). The topological polar surface area (TPSA) is 109 Å². The van der Waals surface area contributed by atoms with Crippen molar-refractivity contribution in [2.24, 2.45) is 0 Å². The number of amides is 1. The molecule has 0 saturated carbocycles. The Kier molecular flexibility index (Phi) is 7.52. The van der Waals surface area contributed by atoms with E-state index in [9.17, 15) is 13.2 Å². The lowest BCUT2D eigenvalue weighted by Gasteiger charge is -2.43. The molecule has 1 aromatic carbocycles. The van der Waals surface area contributed by atoms with Gasteiger partial charge >= 0.3 is 0 Å². The average Bonchev–Trinajstić information content (AvgIpc) is 2.68. The molecule has 0 bridgehead atoms. The third kappa shape index (κ3) is 5.01. The zero-order valence-electron chi connectivity index (χ0n) is 15.8. The van der Waals surface area contributed by atoms with Gasteiger partial charge in [0.15, 0.2) is 0 Å². The minimum Gasteiger partial charge on any atom is -0.457 e. The van der Waals surface area contributed by atoms with Gasteiger partial charge < -0.3 is 4.74 Å². The van der Waals surface area contributed by atoms with Crippen LogP contribution in [0.2, 0.25) is 0 Å². The number of sulfonamides is 1.